The van der Waals surface area contributed by atoms with Crippen LogP contribution in [-0.2, 0) is 11.2 Å². The summed E-state index contributed by atoms with van der Waals surface area (Å²) in [7, 11) is 0. The number of pyridine rings is 1. The fourth-order valence-corrected chi connectivity index (χ4v) is 5.31. The summed E-state index contributed by atoms with van der Waals surface area (Å²) < 4.78 is 15.0. The summed E-state index contributed by atoms with van der Waals surface area (Å²) >= 11 is 0. The summed E-state index contributed by atoms with van der Waals surface area (Å²) in [5, 5.41) is 21.9. The Morgan fingerprint density at radius 2 is 1.82 bits per heavy atom. The molecule has 2 aliphatic rings. The first-order chi connectivity index (χ1) is 16.2. The Labute approximate surface area is 196 Å². The molecular weight excluding hydrogens is 435 g/mol. The van der Waals surface area contributed by atoms with Gasteiger partial charge in [-0.25, -0.2) is 9.18 Å². The largest absolute Gasteiger partial charge is 0.481 e. The highest BCUT2D eigenvalue weighted by Gasteiger charge is 2.45. The predicted octanol–water partition coefficient (Wildman–Crippen LogP) is 5.49. The number of benzene rings is 2. The summed E-state index contributed by atoms with van der Waals surface area (Å²) in [6, 6.07) is 10.1. The molecule has 174 valence electrons. The summed E-state index contributed by atoms with van der Waals surface area (Å²) in [5.41, 5.74) is 6.94. The number of hydrogen-bond acceptors (Lipinski definition) is 4. The van der Waals surface area contributed by atoms with Crippen LogP contribution in [0, 0.1) is 25.6 Å². The number of aromatic carboxylic acids is 1. The molecule has 5 rings (SSSR count). The number of nitrogens with zero attached hydrogens (tertiary/aromatic N) is 1. The van der Waals surface area contributed by atoms with Gasteiger partial charge in [0.1, 0.15) is 5.82 Å². The zero-order chi connectivity index (χ0) is 24.1. The van der Waals surface area contributed by atoms with Crippen LogP contribution < -0.4 is 5.32 Å². The van der Waals surface area contributed by atoms with E-state index in [1.807, 2.05) is 26.0 Å². The average molecular weight is 461 g/mol. The average Bonchev–Trinajstić information content (AvgIpc) is 3.49. The molecule has 0 bridgehead atoms. The van der Waals surface area contributed by atoms with E-state index in [-0.39, 0.29) is 29.3 Å². The minimum Gasteiger partial charge on any atom is -0.481 e. The molecule has 0 spiro atoms. The lowest BCUT2D eigenvalue weighted by molar-refractivity contribution is -0.138. The van der Waals surface area contributed by atoms with Crippen molar-refractivity contribution in [3.63, 3.8) is 0 Å². The van der Waals surface area contributed by atoms with Crippen molar-refractivity contribution in [2.75, 3.05) is 5.32 Å². The number of fused-ring (bicyclic) bond motifs is 1. The van der Waals surface area contributed by atoms with Gasteiger partial charge >= 0.3 is 11.9 Å². The SMILES string of the molecule is Cc1cc(C(=O)O)cc(C)c1-c1ccc(F)c2c1CC[C@H]2Nc1ccc([C@H]2C[C@@H]2C(=O)O)nc1. The molecule has 34 heavy (non-hydrogen) atoms. The van der Waals surface area contributed by atoms with E-state index in [9.17, 15) is 14.7 Å². The lowest BCUT2D eigenvalue weighted by atomic mass is 9.89. The van der Waals surface area contributed by atoms with Crippen molar-refractivity contribution < 1.29 is 24.2 Å². The molecule has 2 aliphatic carbocycles. The van der Waals surface area contributed by atoms with E-state index < -0.39 is 11.9 Å². The smallest absolute Gasteiger partial charge is 0.335 e. The van der Waals surface area contributed by atoms with E-state index in [2.05, 4.69) is 10.3 Å². The third-order valence-electron chi connectivity index (χ3n) is 7.00. The first-order valence-corrected chi connectivity index (χ1v) is 11.4. The van der Waals surface area contributed by atoms with Crippen molar-refractivity contribution in [1.82, 2.24) is 4.98 Å². The van der Waals surface area contributed by atoms with E-state index in [4.69, 9.17) is 5.11 Å². The molecule has 3 atom stereocenters. The Bertz CT molecular complexity index is 1300. The Morgan fingerprint density at radius 1 is 1.09 bits per heavy atom. The fraction of sp³-hybridized carbons (Fsp3) is 0.296. The second-order valence-electron chi connectivity index (χ2n) is 9.27. The number of rotatable bonds is 6. The number of aliphatic carboxylic acids is 1. The molecule has 0 radical (unpaired) electrons. The van der Waals surface area contributed by atoms with Gasteiger partial charge in [0.2, 0.25) is 0 Å². The standard InChI is InChI=1S/C27H25FN2O4/c1-13-9-15(26(31)32)10-14(2)24(13)17-4-6-21(28)25-18(17)5-8-23(25)30-16-3-7-22(29-12-16)19-11-20(19)27(33)34/h3-4,6-7,9-10,12,19-20,23,30H,5,8,11H2,1-2H3,(H,31,32)(H,33,34)/t19-,20-,23+/m0/s1. The van der Waals surface area contributed by atoms with Gasteiger partial charge in [-0.2, -0.15) is 0 Å². The van der Waals surface area contributed by atoms with Crippen molar-refractivity contribution in [2.24, 2.45) is 5.92 Å². The normalized spacial score (nSPS) is 20.6. The molecule has 2 aromatic carbocycles. The van der Waals surface area contributed by atoms with Gasteiger partial charge in [0.15, 0.2) is 0 Å². The number of carbonyl (C=O) groups is 2. The van der Waals surface area contributed by atoms with Gasteiger partial charge in [-0.1, -0.05) is 6.07 Å². The number of aromatic nitrogens is 1. The second kappa shape index (κ2) is 8.24. The third-order valence-corrected chi connectivity index (χ3v) is 7.00. The number of hydrogen-bond donors (Lipinski definition) is 3. The van der Waals surface area contributed by atoms with Crippen LogP contribution in [0.2, 0.25) is 0 Å². The molecule has 0 saturated heterocycles. The van der Waals surface area contributed by atoms with Crippen LogP contribution in [0.25, 0.3) is 11.1 Å². The van der Waals surface area contributed by atoms with E-state index in [1.54, 1.807) is 24.4 Å². The zero-order valence-electron chi connectivity index (χ0n) is 18.9. The number of carboxylic acids is 2. The summed E-state index contributed by atoms with van der Waals surface area (Å²) in [4.78, 5) is 27.0. The third kappa shape index (κ3) is 3.81. The quantitative estimate of drug-likeness (QED) is 0.450. The Balaban J connectivity index is 1.43. The van der Waals surface area contributed by atoms with Crippen LogP contribution in [0.1, 0.15) is 63.1 Å². The van der Waals surface area contributed by atoms with Gasteiger partial charge in [0, 0.05) is 17.2 Å². The van der Waals surface area contributed by atoms with Gasteiger partial charge in [-0.3, -0.25) is 9.78 Å². The van der Waals surface area contributed by atoms with E-state index in [0.717, 1.165) is 45.6 Å². The van der Waals surface area contributed by atoms with E-state index in [0.29, 0.717) is 18.4 Å². The van der Waals surface area contributed by atoms with Gasteiger partial charge in [0.25, 0.3) is 0 Å². The number of halogens is 1. The lowest BCUT2D eigenvalue weighted by Crippen LogP contribution is -2.10. The Morgan fingerprint density at radius 3 is 2.41 bits per heavy atom. The van der Waals surface area contributed by atoms with Crippen LogP contribution in [0.5, 0.6) is 0 Å². The van der Waals surface area contributed by atoms with E-state index in [1.165, 1.54) is 6.07 Å². The van der Waals surface area contributed by atoms with Crippen LogP contribution in [0.4, 0.5) is 10.1 Å². The van der Waals surface area contributed by atoms with Crippen LogP contribution in [-0.4, -0.2) is 27.1 Å². The molecule has 1 saturated carbocycles. The first-order valence-electron chi connectivity index (χ1n) is 11.4. The first kappa shape index (κ1) is 22.1. The maximum Gasteiger partial charge on any atom is 0.335 e. The molecule has 7 heteroatoms. The molecule has 0 aliphatic heterocycles. The molecule has 1 fully saturated rings. The highest BCUT2D eigenvalue weighted by Crippen LogP contribution is 2.47. The monoisotopic (exact) mass is 460 g/mol. The van der Waals surface area contributed by atoms with Gasteiger partial charge in [-0.15, -0.1) is 0 Å². The highest BCUT2D eigenvalue weighted by molar-refractivity contribution is 5.90. The zero-order valence-corrected chi connectivity index (χ0v) is 18.9. The summed E-state index contributed by atoms with van der Waals surface area (Å²) in [5.74, 6) is -2.40. The maximum atomic E-state index is 15.0. The topological polar surface area (TPSA) is 99.5 Å². The molecule has 6 nitrogen and oxygen atoms in total. The van der Waals surface area contributed by atoms with Crippen LogP contribution in [0.15, 0.2) is 42.6 Å². The van der Waals surface area contributed by atoms with E-state index >= 15 is 4.39 Å². The van der Waals surface area contributed by atoms with Gasteiger partial charge in [0.05, 0.1) is 29.4 Å². The van der Waals surface area contributed by atoms with Gasteiger partial charge < -0.3 is 15.5 Å². The Hall–Kier alpha value is -3.74. The molecule has 1 aromatic heterocycles. The number of nitrogens with one attached hydrogen (secondary N) is 1. The van der Waals surface area contributed by atoms with Crippen molar-refractivity contribution in [2.45, 2.75) is 45.1 Å². The van der Waals surface area contributed by atoms with Crippen molar-refractivity contribution in [1.29, 1.82) is 0 Å². The van der Waals surface area contributed by atoms with Gasteiger partial charge in [-0.05, 0) is 91.3 Å². The maximum absolute atomic E-state index is 15.0. The molecule has 0 amide bonds. The molecular formula is C27H25FN2O4. The Kier molecular flexibility index (Phi) is 5.35. The lowest BCUT2D eigenvalue weighted by Gasteiger charge is -2.19. The van der Waals surface area contributed by atoms with Crippen LogP contribution in [0.3, 0.4) is 0 Å². The molecule has 0 unspecified atom stereocenters. The van der Waals surface area contributed by atoms with Crippen molar-refractivity contribution >= 4 is 17.6 Å². The second-order valence-corrected chi connectivity index (χ2v) is 9.27. The van der Waals surface area contributed by atoms with Crippen LogP contribution >= 0.6 is 0 Å². The molecule has 3 N–H and O–H groups in total. The summed E-state index contributed by atoms with van der Waals surface area (Å²) in [6.07, 6.45) is 3.73. The number of carboxylic acid groups (broad SMARTS) is 2. The minimum atomic E-state index is -0.967. The fourth-order valence-electron chi connectivity index (χ4n) is 5.31. The molecule has 1 heterocycles. The minimum absolute atomic E-state index is 0.0299. The number of aryl methyl sites for hydroxylation is 2. The van der Waals surface area contributed by atoms with Crippen molar-refractivity contribution in [3.05, 3.63) is 81.9 Å². The number of anilines is 1. The summed E-state index contributed by atoms with van der Waals surface area (Å²) in [6.45, 7) is 3.77. The van der Waals surface area contributed by atoms with Crippen molar-refractivity contribution in [3.8, 4) is 11.1 Å². The predicted molar refractivity (Wildman–Crippen MR) is 126 cm³/mol. The molecule has 3 aromatic rings. The highest BCUT2D eigenvalue weighted by atomic mass is 19.1.